The van der Waals surface area contributed by atoms with E-state index in [1.54, 1.807) is 11.8 Å². The first-order valence-corrected chi connectivity index (χ1v) is 12.0. The summed E-state index contributed by atoms with van der Waals surface area (Å²) in [4.78, 5) is 12.9. The van der Waals surface area contributed by atoms with Crippen molar-refractivity contribution in [3.05, 3.63) is 54.0 Å². The number of thioether (sulfide) groups is 1. The number of nitrogens with one attached hydrogen (secondary N) is 2. The second-order valence-electron chi connectivity index (χ2n) is 6.37. The molecule has 0 saturated carbocycles. The zero-order chi connectivity index (χ0) is 21.7. The van der Waals surface area contributed by atoms with Gasteiger partial charge in [0, 0.05) is 11.8 Å². The maximum atomic E-state index is 13.0. The van der Waals surface area contributed by atoms with E-state index in [4.69, 9.17) is 4.74 Å². The van der Waals surface area contributed by atoms with E-state index in [0.29, 0.717) is 17.9 Å². The van der Waals surface area contributed by atoms with Crippen LogP contribution in [0.5, 0.6) is 5.75 Å². The first kappa shape index (κ1) is 22.1. The molecule has 0 saturated heterocycles. The number of rotatable bonds is 9. The Hall–Kier alpha value is -2.63. The molecule has 0 aliphatic carbocycles. The number of carbonyl (C=O) groups is 1. The van der Waals surface area contributed by atoms with Crippen molar-refractivity contribution >= 4 is 33.3 Å². The van der Waals surface area contributed by atoms with Crippen LogP contribution in [0.15, 0.2) is 47.5 Å². The highest BCUT2D eigenvalue weighted by Crippen LogP contribution is 2.25. The van der Waals surface area contributed by atoms with Crippen LogP contribution >= 0.6 is 11.8 Å². The van der Waals surface area contributed by atoms with Crippen LogP contribution in [-0.4, -0.2) is 55.1 Å². The van der Waals surface area contributed by atoms with Crippen molar-refractivity contribution in [2.45, 2.75) is 17.4 Å². The number of pyridine rings is 1. The summed E-state index contributed by atoms with van der Waals surface area (Å²) in [5.41, 5.74) is 0.885. The zero-order valence-electron chi connectivity index (χ0n) is 16.8. The van der Waals surface area contributed by atoms with E-state index in [1.807, 2.05) is 35.1 Å². The van der Waals surface area contributed by atoms with Gasteiger partial charge in [-0.1, -0.05) is 6.07 Å². The number of ether oxygens (including phenoxy) is 1. The van der Waals surface area contributed by atoms with Crippen molar-refractivity contribution in [3.8, 4) is 5.75 Å². The Bertz CT molecular complexity index is 1150. The third-order valence-electron chi connectivity index (χ3n) is 4.55. The van der Waals surface area contributed by atoms with Crippen LogP contribution < -0.4 is 14.8 Å². The number of amides is 1. The maximum Gasteiger partial charge on any atom is 0.251 e. The van der Waals surface area contributed by atoms with Crippen molar-refractivity contribution in [2.24, 2.45) is 0 Å². The van der Waals surface area contributed by atoms with Crippen LogP contribution in [0, 0.1) is 0 Å². The molecule has 0 bridgehead atoms. The van der Waals surface area contributed by atoms with Gasteiger partial charge < -0.3 is 10.1 Å². The third-order valence-corrected chi connectivity index (χ3v) is 6.63. The summed E-state index contributed by atoms with van der Waals surface area (Å²) in [6.07, 6.45) is 4.47. The van der Waals surface area contributed by atoms with E-state index >= 15 is 0 Å². The molecule has 0 aliphatic heterocycles. The van der Waals surface area contributed by atoms with E-state index in [9.17, 15) is 13.2 Å². The Kier molecular flexibility index (Phi) is 6.95. The average molecular weight is 450 g/mol. The van der Waals surface area contributed by atoms with Gasteiger partial charge >= 0.3 is 0 Å². The molecule has 1 atom stereocenters. The Labute approximate surface area is 179 Å². The van der Waals surface area contributed by atoms with Crippen LogP contribution in [0.4, 0.5) is 0 Å². The molecular weight excluding hydrogens is 426 g/mol. The Morgan fingerprint density at radius 2 is 2.07 bits per heavy atom. The van der Waals surface area contributed by atoms with Gasteiger partial charge in [0.25, 0.3) is 5.91 Å². The predicted octanol–water partition coefficient (Wildman–Crippen LogP) is 1.87. The van der Waals surface area contributed by atoms with E-state index in [-0.39, 0.29) is 16.2 Å². The predicted molar refractivity (Wildman–Crippen MR) is 115 cm³/mol. The topological polar surface area (TPSA) is 115 Å². The van der Waals surface area contributed by atoms with Crippen molar-refractivity contribution in [1.29, 1.82) is 0 Å². The zero-order valence-corrected chi connectivity index (χ0v) is 18.5. The maximum absolute atomic E-state index is 13.0. The molecule has 160 valence electrons. The molecule has 2 N–H and O–H groups in total. The van der Waals surface area contributed by atoms with Crippen molar-refractivity contribution < 1.29 is 17.9 Å². The fourth-order valence-electron chi connectivity index (χ4n) is 2.98. The van der Waals surface area contributed by atoms with Crippen molar-refractivity contribution in [3.63, 3.8) is 0 Å². The molecule has 0 aliphatic rings. The van der Waals surface area contributed by atoms with Gasteiger partial charge in [0.05, 0.1) is 13.2 Å². The van der Waals surface area contributed by atoms with E-state index in [0.717, 1.165) is 5.75 Å². The average Bonchev–Trinajstić information content (AvgIpc) is 3.20. The summed E-state index contributed by atoms with van der Waals surface area (Å²) in [6, 6.07) is 9.46. The lowest BCUT2D eigenvalue weighted by Gasteiger charge is -2.18. The number of hydrogen-bond donors (Lipinski definition) is 2. The van der Waals surface area contributed by atoms with Gasteiger partial charge in [-0.15, -0.1) is 10.2 Å². The van der Waals surface area contributed by atoms with Gasteiger partial charge in [-0.25, -0.2) is 13.1 Å². The minimum Gasteiger partial charge on any atom is -0.495 e. The first-order chi connectivity index (χ1) is 14.4. The molecule has 3 rings (SSSR count). The number of nitrogens with zero attached hydrogens (tertiary/aromatic N) is 3. The quantitative estimate of drug-likeness (QED) is 0.512. The smallest absolute Gasteiger partial charge is 0.251 e. The number of carbonyl (C=O) groups excluding carboxylic acids is 1. The molecule has 9 nitrogen and oxygen atoms in total. The minimum atomic E-state index is -3.80. The fraction of sp³-hybridized carbons (Fsp3) is 0.316. The molecule has 1 aromatic carbocycles. The standard InChI is InChI=1S/C19H23N5O4S2/c1-20-30(26,27)16-12-13(7-8-15(16)28-2)19(25)21-14(9-11-29-3)18-23-22-17-6-4-5-10-24(17)18/h4-8,10,12,14,20H,9,11H2,1-3H3,(H,21,25). The van der Waals surface area contributed by atoms with Crippen molar-refractivity contribution in [2.75, 3.05) is 26.2 Å². The third kappa shape index (κ3) is 4.58. The number of fused-ring (bicyclic) bond motifs is 1. The van der Waals surface area contributed by atoms with E-state index in [2.05, 4.69) is 20.2 Å². The van der Waals surface area contributed by atoms with Crippen LogP contribution in [-0.2, 0) is 10.0 Å². The molecule has 0 fully saturated rings. The Morgan fingerprint density at radius 1 is 1.27 bits per heavy atom. The highest BCUT2D eigenvalue weighted by Gasteiger charge is 2.24. The summed E-state index contributed by atoms with van der Waals surface area (Å²) in [5.74, 6) is 1.16. The van der Waals surface area contributed by atoms with E-state index in [1.165, 1.54) is 32.4 Å². The van der Waals surface area contributed by atoms with Crippen LogP contribution in [0.25, 0.3) is 5.65 Å². The van der Waals surface area contributed by atoms with E-state index < -0.39 is 22.0 Å². The van der Waals surface area contributed by atoms with Gasteiger partial charge in [-0.2, -0.15) is 11.8 Å². The second kappa shape index (κ2) is 9.45. The lowest BCUT2D eigenvalue weighted by molar-refractivity contribution is 0.0933. The summed E-state index contributed by atoms with van der Waals surface area (Å²) in [7, 11) is -1.12. The molecule has 0 radical (unpaired) electrons. The number of methoxy groups -OCH3 is 1. The van der Waals surface area contributed by atoms with Gasteiger partial charge in [0.1, 0.15) is 10.6 Å². The van der Waals surface area contributed by atoms with Gasteiger partial charge in [-0.05, 0) is 55.8 Å². The molecule has 30 heavy (non-hydrogen) atoms. The Morgan fingerprint density at radius 3 is 2.77 bits per heavy atom. The molecular formula is C19H23N5O4S2. The molecule has 2 aromatic heterocycles. The molecule has 3 aromatic rings. The number of aromatic nitrogens is 3. The molecule has 11 heteroatoms. The summed E-state index contributed by atoms with van der Waals surface area (Å²) >= 11 is 1.66. The van der Waals surface area contributed by atoms with Gasteiger partial charge in [-0.3, -0.25) is 9.20 Å². The SMILES string of the molecule is CNS(=O)(=O)c1cc(C(=O)NC(CCSC)c2nnc3ccccn23)ccc1OC. The first-order valence-electron chi connectivity index (χ1n) is 9.12. The monoisotopic (exact) mass is 449 g/mol. The normalized spacial score (nSPS) is 12.6. The summed E-state index contributed by atoms with van der Waals surface area (Å²) < 4.78 is 33.8. The lowest BCUT2D eigenvalue weighted by atomic mass is 10.1. The van der Waals surface area contributed by atoms with Crippen LogP contribution in [0.3, 0.4) is 0 Å². The second-order valence-corrected chi connectivity index (χ2v) is 9.21. The van der Waals surface area contributed by atoms with Gasteiger partial charge in [0.2, 0.25) is 10.0 Å². The molecule has 2 heterocycles. The number of hydrogen-bond acceptors (Lipinski definition) is 7. The van der Waals surface area contributed by atoms with Crippen LogP contribution in [0.2, 0.25) is 0 Å². The highest BCUT2D eigenvalue weighted by atomic mass is 32.2. The molecule has 1 unspecified atom stereocenters. The fourth-order valence-corrected chi connectivity index (χ4v) is 4.37. The Balaban J connectivity index is 1.94. The number of benzene rings is 1. The molecule has 0 spiro atoms. The van der Waals surface area contributed by atoms with Gasteiger partial charge in [0.15, 0.2) is 11.5 Å². The largest absolute Gasteiger partial charge is 0.495 e. The van der Waals surface area contributed by atoms with Crippen LogP contribution in [0.1, 0.15) is 28.6 Å². The van der Waals surface area contributed by atoms with Crippen molar-refractivity contribution in [1.82, 2.24) is 24.6 Å². The summed E-state index contributed by atoms with van der Waals surface area (Å²) in [6.45, 7) is 0. The number of sulfonamides is 1. The highest BCUT2D eigenvalue weighted by molar-refractivity contribution is 7.98. The molecule has 1 amide bonds. The minimum absolute atomic E-state index is 0.103. The summed E-state index contributed by atoms with van der Waals surface area (Å²) in [5, 5.41) is 11.4. The lowest BCUT2D eigenvalue weighted by Crippen LogP contribution is -2.30.